The Morgan fingerprint density at radius 1 is 0.310 bits per heavy atom. The number of carbonyl (C=O) groups is 4. The zero-order chi connectivity index (χ0) is 64.3. The van der Waals surface area contributed by atoms with Crippen molar-refractivity contribution in [2.24, 2.45) is 11.8 Å². The number of phosphoric ester groups is 2. The molecule has 0 radical (unpaired) electrons. The van der Waals surface area contributed by atoms with E-state index in [2.05, 4.69) is 41.5 Å². The maximum atomic E-state index is 13.0. The van der Waals surface area contributed by atoms with Gasteiger partial charge >= 0.3 is 39.5 Å². The number of hydrogen-bond donors (Lipinski definition) is 3. The molecule has 0 rings (SSSR count). The number of rotatable bonds is 67. The molecule has 0 heterocycles. The Kier molecular flexibility index (Phi) is 59.0. The highest BCUT2D eigenvalue weighted by molar-refractivity contribution is 7.47. The number of aliphatic hydroxyl groups is 1. The van der Waals surface area contributed by atoms with Gasteiger partial charge in [-0.25, -0.2) is 9.13 Å². The van der Waals surface area contributed by atoms with Gasteiger partial charge in [-0.2, -0.15) is 0 Å². The molecule has 0 aliphatic carbocycles. The topological polar surface area (TPSA) is 237 Å². The minimum atomic E-state index is -4.95. The van der Waals surface area contributed by atoms with Gasteiger partial charge in [-0.3, -0.25) is 37.3 Å². The highest BCUT2D eigenvalue weighted by atomic mass is 31.2. The van der Waals surface area contributed by atoms with Crippen LogP contribution in [0.3, 0.4) is 0 Å². The molecule has 0 aromatic rings. The summed E-state index contributed by atoms with van der Waals surface area (Å²) in [7, 11) is -9.89. The summed E-state index contributed by atoms with van der Waals surface area (Å²) in [5.41, 5.74) is 0. The second-order valence-corrected chi connectivity index (χ2v) is 28.4. The first kappa shape index (κ1) is 85.1. The molecule has 0 spiro atoms. The first-order valence-electron chi connectivity index (χ1n) is 35.5. The van der Waals surface area contributed by atoms with E-state index in [0.29, 0.717) is 37.5 Å². The molecule has 0 saturated heterocycles. The summed E-state index contributed by atoms with van der Waals surface area (Å²) in [6.07, 6.45) is 45.0. The number of hydrogen-bond acceptors (Lipinski definition) is 15. The fraction of sp³-hybridized carbons (Fsp3) is 0.941. The summed E-state index contributed by atoms with van der Waals surface area (Å²) in [4.78, 5) is 72.2. The monoisotopic (exact) mass is 1280 g/mol. The van der Waals surface area contributed by atoms with E-state index in [9.17, 15) is 43.2 Å². The van der Waals surface area contributed by atoms with Gasteiger partial charge in [0.25, 0.3) is 0 Å². The smallest absolute Gasteiger partial charge is 0.462 e. The van der Waals surface area contributed by atoms with E-state index in [4.69, 9.17) is 37.0 Å². The molecule has 3 N–H and O–H groups in total. The summed E-state index contributed by atoms with van der Waals surface area (Å²) >= 11 is 0. The maximum absolute atomic E-state index is 13.0. The number of aliphatic hydroxyl groups excluding tert-OH is 1. The second-order valence-electron chi connectivity index (χ2n) is 25.5. The van der Waals surface area contributed by atoms with Crippen molar-refractivity contribution in [1.29, 1.82) is 0 Å². The van der Waals surface area contributed by atoms with Gasteiger partial charge in [0.15, 0.2) is 12.2 Å². The molecule has 0 aliphatic rings. The minimum Gasteiger partial charge on any atom is -0.462 e. The van der Waals surface area contributed by atoms with E-state index >= 15 is 0 Å². The first-order chi connectivity index (χ1) is 41.9. The summed E-state index contributed by atoms with van der Waals surface area (Å²) < 4.78 is 68.0. The SMILES string of the molecule is CCCCCCCCCCCCCCCCCCCCCCC(=O)O[C@H](COC(=O)CCCCCCCCC(C)C)COP(=O)(O)OC[C@@H](O)COP(=O)(O)OC[C@@H](COC(=O)CCCCCCCCCCC)OC(=O)CCCCCCCCC(C)C. The molecule has 0 bridgehead atoms. The van der Waals surface area contributed by atoms with Crippen molar-refractivity contribution < 1.29 is 80.2 Å². The molecular formula is C68H132O17P2. The molecule has 0 aliphatic heterocycles. The molecule has 87 heavy (non-hydrogen) atoms. The van der Waals surface area contributed by atoms with Gasteiger partial charge in [-0.1, -0.05) is 292 Å². The Balaban J connectivity index is 5.13. The van der Waals surface area contributed by atoms with E-state index in [-0.39, 0.29) is 25.7 Å². The third-order valence-corrected chi connectivity index (χ3v) is 17.6. The van der Waals surface area contributed by atoms with Crippen molar-refractivity contribution in [3.05, 3.63) is 0 Å². The Bertz CT molecular complexity index is 1700. The van der Waals surface area contributed by atoms with Crippen LogP contribution in [0.25, 0.3) is 0 Å². The normalized spacial score (nSPS) is 14.2. The average Bonchev–Trinajstić information content (AvgIpc) is 3.69. The molecule has 5 atom stereocenters. The van der Waals surface area contributed by atoms with Crippen molar-refractivity contribution in [3.8, 4) is 0 Å². The van der Waals surface area contributed by atoms with Gasteiger partial charge in [-0.05, 0) is 37.5 Å². The fourth-order valence-electron chi connectivity index (χ4n) is 10.2. The summed E-state index contributed by atoms with van der Waals surface area (Å²) in [6.45, 7) is 9.33. The zero-order valence-corrected chi connectivity index (χ0v) is 58.1. The van der Waals surface area contributed by atoms with Gasteiger partial charge in [0.2, 0.25) is 0 Å². The fourth-order valence-corrected chi connectivity index (χ4v) is 11.8. The van der Waals surface area contributed by atoms with E-state index in [1.54, 1.807) is 0 Å². The largest absolute Gasteiger partial charge is 0.472 e. The van der Waals surface area contributed by atoms with Crippen LogP contribution in [0.1, 0.15) is 343 Å². The molecule has 0 amide bonds. The molecule has 0 aromatic heterocycles. The number of esters is 4. The van der Waals surface area contributed by atoms with Crippen molar-refractivity contribution in [2.45, 2.75) is 362 Å². The first-order valence-corrected chi connectivity index (χ1v) is 38.5. The average molecular weight is 1280 g/mol. The lowest BCUT2D eigenvalue weighted by molar-refractivity contribution is -0.161. The zero-order valence-electron chi connectivity index (χ0n) is 56.3. The Hall–Kier alpha value is -1.94. The molecule has 19 heteroatoms. The summed E-state index contributed by atoms with van der Waals surface area (Å²) in [5, 5.41) is 10.5. The number of unbranched alkanes of at least 4 members (excludes halogenated alkanes) is 37. The summed E-state index contributed by atoms with van der Waals surface area (Å²) in [5.74, 6) is -0.788. The van der Waals surface area contributed by atoms with Gasteiger partial charge in [0, 0.05) is 25.7 Å². The van der Waals surface area contributed by atoms with E-state index in [1.165, 1.54) is 154 Å². The lowest BCUT2D eigenvalue weighted by Gasteiger charge is -2.21. The molecule has 0 aromatic carbocycles. The van der Waals surface area contributed by atoms with E-state index in [1.807, 2.05) is 0 Å². The lowest BCUT2D eigenvalue weighted by Crippen LogP contribution is -2.30. The van der Waals surface area contributed by atoms with Gasteiger partial charge in [0.1, 0.15) is 19.3 Å². The Labute approximate surface area is 530 Å². The third kappa shape index (κ3) is 62.6. The van der Waals surface area contributed by atoms with Crippen LogP contribution in [-0.4, -0.2) is 96.7 Å². The molecule has 0 fully saturated rings. The summed E-state index contributed by atoms with van der Waals surface area (Å²) in [6, 6.07) is 0. The predicted octanol–water partition coefficient (Wildman–Crippen LogP) is 19.2. The highest BCUT2D eigenvalue weighted by Gasteiger charge is 2.30. The Morgan fingerprint density at radius 3 is 0.782 bits per heavy atom. The molecule has 0 saturated carbocycles. The van der Waals surface area contributed by atoms with E-state index < -0.39 is 97.5 Å². The molecular weight excluding hydrogens is 1150 g/mol. The van der Waals surface area contributed by atoms with Crippen LogP contribution < -0.4 is 0 Å². The van der Waals surface area contributed by atoms with Crippen LogP contribution in [0, 0.1) is 11.8 Å². The standard InChI is InChI=1S/C68H132O17P2/c1-7-9-11-13-15-17-18-19-20-21-22-23-24-25-26-27-29-31-40-46-52-67(72)84-63(57-79-66(71)51-45-39-34-32-36-42-48-60(3)4)58-82-86(74,75)80-54-62(69)55-81-87(76,77)83-59-64(85-68(73)53-47-41-35-33-37-43-49-61(5)6)56-78-65(70)50-44-38-30-28-16-14-12-10-8-2/h60-64,69H,7-59H2,1-6H3,(H,74,75)(H,76,77)/t62-,63-,64-/m1/s1. The number of carbonyl (C=O) groups excluding carboxylic acids is 4. The van der Waals surface area contributed by atoms with Gasteiger partial charge in [0.05, 0.1) is 26.4 Å². The minimum absolute atomic E-state index is 0.102. The van der Waals surface area contributed by atoms with Crippen molar-refractivity contribution in [3.63, 3.8) is 0 Å². The third-order valence-electron chi connectivity index (χ3n) is 15.7. The van der Waals surface area contributed by atoms with E-state index in [0.717, 1.165) is 96.3 Å². The molecule has 2 unspecified atom stereocenters. The molecule has 17 nitrogen and oxygen atoms in total. The number of ether oxygens (including phenoxy) is 4. The Morgan fingerprint density at radius 2 is 0.529 bits per heavy atom. The van der Waals surface area contributed by atoms with Crippen molar-refractivity contribution >= 4 is 39.5 Å². The lowest BCUT2D eigenvalue weighted by atomic mass is 10.0. The van der Waals surface area contributed by atoms with Crippen molar-refractivity contribution in [2.75, 3.05) is 39.6 Å². The van der Waals surface area contributed by atoms with Gasteiger partial charge in [-0.15, -0.1) is 0 Å². The van der Waals surface area contributed by atoms with Crippen LogP contribution >= 0.6 is 15.6 Å². The molecule has 516 valence electrons. The van der Waals surface area contributed by atoms with Crippen molar-refractivity contribution in [1.82, 2.24) is 0 Å². The predicted molar refractivity (Wildman–Crippen MR) is 349 cm³/mol. The van der Waals surface area contributed by atoms with Crippen LogP contribution in [0.2, 0.25) is 0 Å². The quantitative estimate of drug-likeness (QED) is 0.0222. The van der Waals surface area contributed by atoms with Crippen LogP contribution in [0.4, 0.5) is 0 Å². The van der Waals surface area contributed by atoms with Crippen LogP contribution in [0.15, 0.2) is 0 Å². The van der Waals surface area contributed by atoms with Crippen LogP contribution in [-0.2, 0) is 65.4 Å². The van der Waals surface area contributed by atoms with Crippen LogP contribution in [0.5, 0.6) is 0 Å². The number of phosphoric acid groups is 2. The van der Waals surface area contributed by atoms with Gasteiger partial charge < -0.3 is 33.8 Å². The maximum Gasteiger partial charge on any atom is 0.472 e. The second kappa shape index (κ2) is 60.3. The highest BCUT2D eigenvalue weighted by Crippen LogP contribution is 2.45.